The van der Waals surface area contributed by atoms with E-state index in [9.17, 15) is 0 Å². The van der Waals surface area contributed by atoms with Crippen LogP contribution in [0.3, 0.4) is 0 Å². The summed E-state index contributed by atoms with van der Waals surface area (Å²) in [5, 5.41) is 1.15. The van der Waals surface area contributed by atoms with Gasteiger partial charge in [-0.1, -0.05) is 0 Å². The standard InChI is InChI=1S/C13H20ClOSe/c1-4-5-10-16(14)13-9-7-6-8-12(13)11(2)15(16)3/h6-9,11H,4-5,10H2,1-3H3/q+1/t11-/m1/s1. The molecule has 1 heterocycles. The molecule has 1 aliphatic rings. The van der Waals surface area contributed by atoms with Crippen LogP contribution in [0.15, 0.2) is 24.3 Å². The van der Waals surface area contributed by atoms with E-state index in [-0.39, 0.29) is 0 Å². The molecule has 3 heteroatoms. The van der Waals surface area contributed by atoms with E-state index in [2.05, 4.69) is 48.7 Å². The van der Waals surface area contributed by atoms with Gasteiger partial charge in [0.2, 0.25) is 0 Å². The summed E-state index contributed by atoms with van der Waals surface area (Å²) in [6, 6.07) is 8.68. The number of hydrogen-bond acceptors (Lipinski definition) is 0. The Morgan fingerprint density at radius 2 is 2.06 bits per heavy atom. The third-order valence-corrected chi connectivity index (χ3v) is 12.3. The zero-order valence-electron chi connectivity index (χ0n) is 10.2. The second-order valence-electron chi connectivity index (χ2n) is 4.33. The molecule has 1 aromatic rings. The van der Waals surface area contributed by atoms with Gasteiger partial charge in [0.15, 0.2) is 0 Å². The molecule has 0 amide bonds. The molecule has 0 saturated carbocycles. The van der Waals surface area contributed by atoms with Crippen LogP contribution in [0.1, 0.15) is 38.4 Å². The van der Waals surface area contributed by atoms with E-state index in [4.69, 9.17) is 10.1 Å². The van der Waals surface area contributed by atoms with Gasteiger partial charge in [-0.2, -0.15) is 0 Å². The van der Waals surface area contributed by atoms with Gasteiger partial charge < -0.3 is 0 Å². The minimum absolute atomic E-state index is 0.408. The Hall–Kier alpha value is -0.0105. The Labute approximate surface area is 105 Å². The zero-order chi connectivity index (χ0) is 11.8. The van der Waals surface area contributed by atoms with Crippen LogP contribution in [-0.2, 0) is 3.45 Å². The summed E-state index contributed by atoms with van der Waals surface area (Å²) in [6.07, 6.45) is 2.85. The van der Waals surface area contributed by atoms with Crippen molar-refractivity contribution in [3.05, 3.63) is 29.8 Å². The SMILES string of the molecule is CCCC[Se]1(Cl)c2ccccc2[C@@H](C)[O+]1C. The van der Waals surface area contributed by atoms with Crippen molar-refractivity contribution in [2.75, 3.05) is 7.11 Å². The van der Waals surface area contributed by atoms with Crippen LogP contribution in [-0.4, -0.2) is 19.4 Å². The van der Waals surface area contributed by atoms with Gasteiger partial charge in [0.05, 0.1) is 0 Å². The predicted molar refractivity (Wildman–Crippen MR) is 72.8 cm³/mol. The summed E-state index contributed by atoms with van der Waals surface area (Å²) in [7, 11) is 9.09. The molecule has 16 heavy (non-hydrogen) atoms. The summed E-state index contributed by atoms with van der Waals surface area (Å²) < 4.78 is 4.76. The maximum absolute atomic E-state index is 6.97. The first-order valence-electron chi connectivity index (χ1n) is 5.86. The molecule has 2 atom stereocenters. The number of rotatable bonds is 3. The van der Waals surface area contributed by atoms with E-state index in [1.165, 1.54) is 22.9 Å². The molecule has 0 radical (unpaired) electrons. The zero-order valence-corrected chi connectivity index (χ0v) is 12.7. The number of benzene rings is 1. The van der Waals surface area contributed by atoms with Crippen molar-refractivity contribution in [2.45, 2.75) is 38.1 Å². The van der Waals surface area contributed by atoms with Crippen molar-refractivity contribution in [3.8, 4) is 0 Å². The second kappa shape index (κ2) is 4.70. The second-order valence-corrected chi connectivity index (χ2v) is 12.3. The van der Waals surface area contributed by atoms with Crippen molar-refractivity contribution in [1.29, 1.82) is 0 Å². The molecule has 0 fully saturated rings. The van der Waals surface area contributed by atoms with Crippen LogP contribution in [0.5, 0.6) is 0 Å². The molecule has 2 rings (SSSR count). The first kappa shape index (κ1) is 12.4. The molecule has 0 aromatic heterocycles. The van der Waals surface area contributed by atoms with Crippen LogP contribution in [0.4, 0.5) is 0 Å². The van der Waals surface area contributed by atoms with Gasteiger partial charge in [-0.15, -0.1) is 0 Å². The van der Waals surface area contributed by atoms with Crippen LogP contribution in [0.2, 0.25) is 5.32 Å². The Bertz CT molecular complexity index is 382. The van der Waals surface area contributed by atoms with Gasteiger partial charge in [-0.05, 0) is 0 Å². The molecule has 0 bridgehead atoms. The number of fused-ring (bicyclic) bond motifs is 1. The van der Waals surface area contributed by atoms with E-state index in [1.807, 2.05) is 0 Å². The Kier molecular flexibility index (Phi) is 3.65. The van der Waals surface area contributed by atoms with Crippen LogP contribution >= 0.6 is 10.1 Å². The van der Waals surface area contributed by atoms with Gasteiger partial charge in [0.1, 0.15) is 0 Å². The van der Waals surface area contributed by atoms with Crippen LogP contribution in [0.25, 0.3) is 0 Å². The summed E-state index contributed by atoms with van der Waals surface area (Å²) in [5.41, 5.74) is 1.42. The molecule has 1 unspecified atom stereocenters. The fraction of sp³-hybridized carbons (Fsp3) is 0.538. The molecule has 0 spiro atoms. The molecule has 1 aliphatic heterocycles. The first-order chi connectivity index (χ1) is 7.61. The van der Waals surface area contributed by atoms with Gasteiger partial charge in [-0.3, -0.25) is 0 Å². The molecular weight excluding hydrogens is 287 g/mol. The van der Waals surface area contributed by atoms with Crippen molar-refractivity contribution in [1.82, 2.24) is 0 Å². The number of unbranched alkanes of at least 4 members (excludes halogenated alkanes) is 1. The van der Waals surface area contributed by atoms with E-state index >= 15 is 0 Å². The van der Waals surface area contributed by atoms with Gasteiger partial charge in [-0.25, -0.2) is 0 Å². The molecule has 1 aromatic carbocycles. The van der Waals surface area contributed by atoms with Gasteiger partial charge >= 0.3 is 105 Å². The fourth-order valence-electron chi connectivity index (χ4n) is 2.21. The molecule has 90 valence electrons. The summed E-state index contributed by atoms with van der Waals surface area (Å²) in [5.74, 6) is 0. The molecule has 0 saturated heterocycles. The average molecular weight is 307 g/mol. The summed E-state index contributed by atoms with van der Waals surface area (Å²) >= 11 is -2.17. The average Bonchev–Trinajstić information content (AvgIpc) is 2.51. The Balaban J connectivity index is 2.39. The van der Waals surface area contributed by atoms with E-state index in [0.717, 1.165) is 5.32 Å². The van der Waals surface area contributed by atoms with E-state index in [1.54, 1.807) is 0 Å². The fourth-order valence-corrected chi connectivity index (χ4v) is 10.1. The number of halogens is 1. The van der Waals surface area contributed by atoms with Crippen LogP contribution in [0, 0.1) is 0 Å². The maximum atomic E-state index is 6.97. The normalized spacial score (nSPS) is 33.4. The quantitative estimate of drug-likeness (QED) is 0.592. The topological polar surface area (TPSA) is 2.70 Å². The third kappa shape index (κ3) is 1.82. The Morgan fingerprint density at radius 1 is 1.38 bits per heavy atom. The summed E-state index contributed by atoms with van der Waals surface area (Å²) in [6.45, 7) is 4.46. The predicted octanol–water partition coefficient (Wildman–Crippen LogP) is 3.63. The molecular formula is C13H20ClOSe+. The molecule has 0 N–H and O–H groups in total. The Morgan fingerprint density at radius 3 is 2.75 bits per heavy atom. The van der Waals surface area contributed by atoms with Crippen molar-refractivity contribution >= 4 is 26.8 Å². The van der Waals surface area contributed by atoms with E-state index < -0.39 is 12.3 Å². The molecule has 0 aliphatic carbocycles. The van der Waals surface area contributed by atoms with Crippen LogP contribution < -0.4 is 4.46 Å². The minimum atomic E-state index is -2.17. The van der Waals surface area contributed by atoms with E-state index in [0.29, 0.717) is 6.10 Å². The first-order valence-corrected chi connectivity index (χ1v) is 10.9. The summed E-state index contributed by atoms with van der Waals surface area (Å²) in [4.78, 5) is 0. The van der Waals surface area contributed by atoms with Gasteiger partial charge in [0.25, 0.3) is 0 Å². The molecule has 1 nitrogen and oxygen atoms in total. The van der Waals surface area contributed by atoms with Crippen molar-refractivity contribution < 1.29 is 3.45 Å². The van der Waals surface area contributed by atoms with Crippen molar-refractivity contribution in [2.24, 2.45) is 0 Å². The third-order valence-electron chi connectivity index (χ3n) is 3.36. The number of hydrogen-bond donors (Lipinski definition) is 0. The van der Waals surface area contributed by atoms with Crippen molar-refractivity contribution in [3.63, 3.8) is 0 Å². The monoisotopic (exact) mass is 307 g/mol. The van der Waals surface area contributed by atoms with Gasteiger partial charge in [0, 0.05) is 0 Å².